The van der Waals surface area contributed by atoms with E-state index in [1.165, 1.54) is 43.8 Å². The molecule has 1 N–H and O–H groups in total. The monoisotopic (exact) mass is 394 g/mol. The van der Waals surface area contributed by atoms with Gasteiger partial charge in [0.25, 0.3) is 5.91 Å². The number of methoxy groups -OCH3 is 1. The fourth-order valence-corrected chi connectivity index (χ4v) is 2.81. The van der Waals surface area contributed by atoms with E-state index in [0.29, 0.717) is 34.0 Å². The maximum Gasteiger partial charge on any atom is 0.261 e. The molecule has 0 spiro atoms. The minimum Gasteiger partial charge on any atom is -0.479 e. The first kappa shape index (κ1) is 18.4. The molecule has 0 atom stereocenters. The largest absolute Gasteiger partial charge is 0.479 e. The highest BCUT2D eigenvalue weighted by atomic mass is 19.1. The number of anilines is 1. The predicted octanol–water partition coefficient (Wildman–Crippen LogP) is 4.10. The van der Waals surface area contributed by atoms with Crippen molar-refractivity contribution in [3.05, 3.63) is 66.0 Å². The van der Waals surface area contributed by atoms with Gasteiger partial charge < -0.3 is 19.1 Å². The second-order valence-electron chi connectivity index (χ2n) is 6.09. The molecule has 1 aromatic carbocycles. The number of ether oxygens (including phenoxy) is 1. The van der Waals surface area contributed by atoms with E-state index in [9.17, 15) is 9.18 Å². The Morgan fingerprint density at radius 3 is 2.62 bits per heavy atom. The van der Waals surface area contributed by atoms with E-state index in [2.05, 4.69) is 20.6 Å². The molecule has 0 aliphatic heterocycles. The number of amides is 1. The lowest BCUT2D eigenvalue weighted by molar-refractivity contribution is 0.102. The maximum atomic E-state index is 13.2. The van der Waals surface area contributed by atoms with E-state index in [0.717, 1.165) is 0 Å². The standard InChI is InChI=1S/C20H15FN4O4/c1-11-17(18(25-29-11)12-3-5-14(21)6-4-12)19(26)23-16-8-7-15(24-20(16)27-2)13-9-22-28-10-13/h3-10H,1-2H3,(H,23,26). The summed E-state index contributed by atoms with van der Waals surface area (Å²) in [5, 5.41) is 10.4. The molecule has 0 radical (unpaired) electrons. The number of nitrogens with zero attached hydrogens (tertiary/aromatic N) is 3. The van der Waals surface area contributed by atoms with Gasteiger partial charge in [-0.1, -0.05) is 10.3 Å². The van der Waals surface area contributed by atoms with E-state index in [1.807, 2.05) is 0 Å². The van der Waals surface area contributed by atoms with E-state index < -0.39 is 5.91 Å². The molecule has 0 aliphatic carbocycles. The van der Waals surface area contributed by atoms with E-state index in [-0.39, 0.29) is 17.3 Å². The second kappa shape index (κ2) is 7.55. The van der Waals surface area contributed by atoms with Crippen molar-refractivity contribution in [2.45, 2.75) is 6.92 Å². The number of rotatable bonds is 5. The topological polar surface area (TPSA) is 103 Å². The van der Waals surface area contributed by atoms with E-state index in [1.54, 1.807) is 19.1 Å². The van der Waals surface area contributed by atoms with Crippen LogP contribution in [0.5, 0.6) is 5.88 Å². The molecule has 146 valence electrons. The Bertz CT molecular complexity index is 1150. The fourth-order valence-electron chi connectivity index (χ4n) is 2.81. The lowest BCUT2D eigenvalue weighted by Gasteiger charge is -2.10. The number of carbonyl (C=O) groups is 1. The van der Waals surface area contributed by atoms with Crippen LogP contribution in [0.15, 0.2) is 57.9 Å². The molecule has 1 amide bonds. The number of nitrogens with one attached hydrogen (secondary N) is 1. The zero-order chi connectivity index (χ0) is 20.4. The Morgan fingerprint density at radius 2 is 1.93 bits per heavy atom. The van der Waals surface area contributed by atoms with Crippen LogP contribution in [0.1, 0.15) is 16.1 Å². The van der Waals surface area contributed by atoms with Crippen molar-refractivity contribution in [3.63, 3.8) is 0 Å². The Kier molecular flexibility index (Phi) is 4.78. The third kappa shape index (κ3) is 3.57. The second-order valence-corrected chi connectivity index (χ2v) is 6.09. The third-order valence-corrected chi connectivity index (χ3v) is 4.24. The van der Waals surface area contributed by atoms with Crippen LogP contribution in [0.25, 0.3) is 22.5 Å². The molecule has 0 saturated heterocycles. The van der Waals surface area contributed by atoms with Crippen LogP contribution >= 0.6 is 0 Å². The van der Waals surface area contributed by atoms with Crippen molar-refractivity contribution in [1.82, 2.24) is 15.3 Å². The third-order valence-electron chi connectivity index (χ3n) is 4.24. The van der Waals surface area contributed by atoms with Crippen LogP contribution < -0.4 is 10.1 Å². The fraction of sp³-hybridized carbons (Fsp3) is 0.100. The summed E-state index contributed by atoms with van der Waals surface area (Å²) in [7, 11) is 1.45. The lowest BCUT2D eigenvalue weighted by Crippen LogP contribution is -2.14. The normalized spacial score (nSPS) is 10.7. The minimum absolute atomic E-state index is 0.217. The number of hydrogen-bond acceptors (Lipinski definition) is 7. The molecule has 8 nitrogen and oxygen atoms in total. The van der Waals surface area contributed by atoms with Gasteiger partial charge in [-0.2, -0.15) is 0 Å². The summed E-state index contributed by atoms with van der Waals surface area (Å²) in [5.41, 5.74) is 2.73. The molecule has 3 aromatic heterocycles. The average molecular weight is 394 g/mol. The van der Waals surface area contributed by atoms with Crippen molar-refractivity contribution in [2.75, 3.05) is 12.4 Å². The molecule has 3 heterocycles. The van der Waals surface area contributed by atoms with Gasteiger partial charge in [0.15, 0.2) is 0 Å². The highest BCUT2D eigenvalue weighted by Crippen LogP contribution is 2.30. The summed E-state index contributed by atoms with van der Waals surface area (Å²) >= 11 is 0. The highest BCUT2D eigenvalue weighted by Gasteiger charge is 2.23. The number of benzene rings is 1. The summed E-state index contributed by atoms with van der Waals surface area (Å²) in [6.45, 7) is 1.62. The molecule has 4 rings (SSSR count). The van der Waals surface area contributed by atoms with Crippen molar-refractivity contribution in [3.8, 4) is 28.4 Å². The molecule has 0 fully saturated rings. The molecule has 29 heavy (non-hydrogen) atoms. The van der Waals surface area contributed by atoms with Gasteiger partial charge in [-0.05, 0) is 43.3 Å². The number of halogens is 1. The van der Waals surface area contributed by atoms with Gasteiger partial charge in [-0.25, -0.2) is 9.37 Å². The number of pyridine rings is 1. The van der Waals surface area contributed by atoms with Gasteiger partial charge in [-0.3, -0.25) is 4.79 Å². The van der Waals surface area contributed by atoms with Crippen LogP contribution in [-0.2, 0) is 0 Å². The predicted molar refractivity (Wildman–Crippen MR) is 101 cm³/mol. The van der Waals surface area contributed by atoms with Crippen LogP contribution in [-0.4, -0.2) is 28.3 Å². The van der Waals surface area contributed by atoms with Crippen LogP contribution in [0.3, 0.4) is 0 Å². The SMILES string of the molecule is COc1nc(-c2cnoc2)ccc1NC(=O)c1c(-c2ccc(F)cc2)noc1C. The van der Waals surface area contributed by atoms with Crippen molar-refractivity contribution >= 4 is 11.6 Å². The molecule has 0 saturated carbocycles. The molecule has 4 aromatic rings. The van der Waals surface area contributed by atoms with Gasteiger partial charge in [0.2, 0.25) is 5.88 Å². The summed E-state index contributed by atoms with van der Waals surface area (Å²) in [6, 6.07) is 8.99. The zero-order valence-electron chi connectivity index (χ0n) is 15.5. The summed E-state index contributed by atoms with van der Waals surface area (Å²) in [5.74, 6) is -0.297. The van der Waals surface area contributed by atoms with Crippen molar-refractivity contribution in [2.24, 2.45) is 0 Å². The van der Waals surface area contributed by atoms with Gasteiger partial charge in [-0.15, -0.1) is 0 Å². The Labute approximate surface area is 164 Å². The van der Waals surface area contributed by atoms with E-state index >= 15 is 0 Å². The Balaban J connectivity index is 1.65. The maximum absolute atomic E-state index is 13.2. The zero-order valence-corrected chi connectivity index (χ0v) is 15.5. The molecular formula is C20H15FN4O4. The van der Waals surface area contributed by atoms with Gasteiger partial charge >= 0.3 is 0 Å². The molecule has 0 unspecified atom stereocenters. The number of aromatic nitrogens is 3. The van der Waals surface area contributed by atoms with Gasteiger partial charge in [0, 0.05) is 5.56 Å². The number of aryl methyl sites for hydroxylation is 1. The summed E-state index contributed by atoms with van der Waals surface area (Å²) in [4.78, 5) is 17.3. The highest BCUT2D eigenvalue weighted by molar-refractivity contribution is 6.09. The van der Waals surface area contributed by atoms with Gasteiger partial charge in [0.1, 0.15) is 34.8 Å². The van der Waals surface area contributed by atoms with Crippen molar-refractivity contribution < 1.29 is 23.0 Å². The Hall–Kier alpha value is -4.01. The van der Waals surface area contributed by atoms with E-state index in [4.69, 9.17) is 13.8 Å². The van der Waals surface area contributed by atoms with Gasteiger partial charge in [0.05, 0.1) is 24.6 Å². The molecular weight excluding hydrogens is 379 g/mol. The first-order chi connectivity index (χ1) is 14.1. The summed E-state index contributed by atoms with van der Waals surface area (Å²) < 4.78 is 28.5. The minimum atomic E-state index is -0.457. The Morgan fingerprint density at radius 1 is 1.14 bits per heavy atom. The molecule has 9 heteroatoms. The molecule has 0 aliphatic rings. The lowest BCUT2D eigenvalue weighted by atomic mass is 10.1. The first-order valence-electron chi connectivity index (χ1n) is 8.55. The van der Waals surface area contributed by atoms with Crippen molar-refractivity contribution in [1.29, 1.82) is 0 Å². The van der Waals surface area contributed by atoms with Crippen LogP contribution in [0.2, 0.25) is 0 Å². The quantitative estimate of drug-likeness (QED) is 0.543. The molecule has 0 bridgehead atoms. The summed E-state index contributed by atoms with van der Waals surface area (Å²) in [6.07, 6.45) is 2.98. The smallest absolute Gasteiger partial charge is 0.261 e. The number of hydrogen-bond donors (Lipinski definition) is 1. The van der Waals surface area contributed by atoms with Crippen LogP contribution in [0.4, 0.5) is 10.1 Å². The average Bonchev–Trinajstić information content (AvgIpc) is 3.39. The number of carbonyl (C=O) groups excluding carboxylic acids is 1. The van der Waals surface area contributed by atoms with Crippen LogP contribution in [0, 0.1) is 12.7 Å². The first-order valence-corrected chi connectivity index (χ1v) is 8.55.